The van der Waals surface area contributed by atoms with Gasteiger partial charge in [-0.1, -0.05) is 30.3 Å². The molecule has 0 unspecified atom stereocenters. The number of aromatic amines is 1. The van der Waals surface area contributed by atoms with Crippen LogP contribution in [0.15, 0.2) is 60.8 Å². The number of hydrogen-bond donors (Lipinski definition) is 1. The van der Waals surface area contributed by atoms with Crippen molar-refractivity contribution in [1.29, 1.82) is 5.26 Å². The van der Waals surface area contributed by atoms with Gasteiger partial charge in [-0.3, -0.25) is 0 Å². The Labute approximate surface area is 123 Å². The van der Waals surface area contributed by atoms with Gasteiger partial charge >= 0.3 is 0 Å². The molecule has 3 heteroatoms. The maximum atomic E-state index is 8.63. The summed E-state index contributed by atoms with van der Waals surface area (Å²) < 4.78 is 5.83. The molecule has 0 spiro atoms. The third kappa shape index (κ3) is 2.96. The van der Waals surface area contributed by atoms with E-state index in [-0.39, 0.29) is 0 Å². The van der Waals surface area contributed by atoms with Crippen LogP contribution in [-0.2, 0) is 6.61 Å². The number of allylic oxidation sites excluding steroid dienone is 1. The highest BCUT2D eigenvalue weighted by atomic mass is 16.5. The second-order valence-electron chi connectivity index (χ2n) is 4.69. The van der Waals surface area contributed by atoms with E-state index in [1.165, 1.54) is 6.08 Å². The van der Waals surface area contributed by atoms with Gasteiger partial charge < -0.3 is 9.72 Å². The van der Waals surface area contributed by atoms with Crippen molar-refractivity contribution < 1.29 is 4.74 Å². The molecule has 102 valence electrons. The number of fused-ring (bicyclic) bond motifs is 1. The van der Waals surface area contributed by atoms with Gasteiger partial charge in [0.2, 0.25) is 0 Å². The van der Waals surface area contributed by atoms with Crippen molar-refractivity contribution in [1.82, 2.24) is 4.98 Å². The van der Waals surface area contributed by atoms with Crippen LogP contribution in [0.3, 0.4) is 0 Å². The number of nitriles is 1. The summed E-state index contributed by atoms with van der Waals surface area (Å²) in [4.78, 5) is 3.18. The van der Waals surface area contributed by atoms with Gasteiger partial charge in [0.25, 0.3) is 0 Å². The normalized spacial score (nSPS) is 10.8. The fourth-order valence-corrected chi connectivity index (χ4v) is 2.22. The Morgan fingerprint density at radius 3 is 2.81 bits per heavy atom. The first-order chi connectivity index (χ1) is 10.4. The fourth-order valence-electron chi connectivity index (χ4n) is 2.22. The summed E-state index contributed by atoms with van der Waals surface area (Å²) in [5, 5.41) is 9.68. The maximum Gasteiger partial charge on any atom is 0.120 e. The van der Waals surface area contributed by atoms with Crippen LogP contribution < -0.4 is 4.74 Å². The second kappa shape index (κ2) is 5.98. The molecule has 0 bridgehead atoms. The average Bonchev–Trinajstić information content (AvgIpc) is 2.94. The zero-order chi connectivity index (χ0) is 14.5. The van der Waals surface area contributed by atoms with Gasteiger partial charge in [-0.15, -0.1) is 0 Å². The first-order valence-corrected chi connectivity index (χ1v) is 6.71. The Morgan fingerprint density at radius 1 is 1.14 bits per heavy atom. The quantitative estimate of drug-likeness (QED) is 0.722. The van der Waals surface area contributed by atoms with E-state index in [0.717, 1.165) is 27.8 Å². The molecule has 0 amide bonds. The van der Waals surface area contributed by atoms with Crippen molar-refractivity contribution in [3.05, 3.63) is 71.9 Å². The van der Waals surface area contributed by atoms with Crippen molar-refractivity contribution in [2.24, 2.45) is 0 Å². The Morgan fingerprint density at radius 2 is 2.00 bits per heavy atom. The van der Waals surface area contributed by atoms with Crippen LogP contribution in [0.5, 0.6) is 5.75 Å². The lowest BCUT2D eigenvalue weighted by Gasteiger charge is -2.06. The highest BCUT2D eigenvalue weighted by Gasteiger charge is 2.03. The molecule has 21 heavy (non-hydrogen) atoms. The summed E-state index contributed by atoms with van der Waals surface area (Å²) in [5.74, 6) is 0.817. The smallest absolute Gasteiger partial charge is 0.120 e. The molecule has 0 saturated carbocycles. The van der Waals surface area contributed by atoms with Gasteiger partial charge in [0.1, 0.15) is 12.4 Å². The van der Waals surface area contributed by atoms with Crippen LogP contribution in [0.25, 0.3) is 17.0 Å². The molecule has 0 radical (unpaired) electrons. The van der Waals surface area contributed by atoms with Crippen molar-refractivity contribution in [2.45, 2.75) is 6.61 Å². The van der Waals surface area contributed by atoms with E-state index in [1.807, 2.05) is 60.8 Å². The van der Waals surface area contributed by atoms with Crippen molar-refractivity contribution in [3.63, 3.8) is 0 Å². The zero-order valence-corrected chi connectivity index (χ0v) is 11.4. The lowest BCUT2D eigenvalue weighted by Crippen LogP contribution is -1.94. The van der Waals surface area contributed by atoms with E-state index in [4.69, 9.17) is 10.00 Å². The van der Waals surface area contributed by atoms with Crippen LogP contribution in [0.1, 0.15) is 11.1 Å². The first kappa shape index (κ1) is 13.0. The summed E-state index contributed by atoms with van der Waals surface area (Å²) in [6.45, 7) is 0.542. The summed E-state index contributed by atoms with van der Waals surface area (Å²) in [7, 11) is 0. The predicted octanol–water partition coefficient (Wildman–Crippen LogP) is 4.28. The molecule has 3 rings (SSSR count). The number of ether oxygens (including phenoxy) is 1. The Kier molecular flexibility index (Phi) is 3.70. The van der Waals surface area contributed by atoms with E-state index in [2.05, 4.69) is 4.98 Å². The molecular weight excluding hydrogens is 260 g/mol. The van der Waals surface area contributed by atoms with Crippen molar-refractivity contribution in [2.75, 3.05) is 0 Å². The van der Waals surface area contributed by atoms with Gasteiger partial charge in [0.05, 0.1) is 6.07 Å². The van der Waals surface area contributed by atoms with Crippen LogP contribution in [-0.4, -0.2) is 4.98 Å². The van der Waals surface area contributed by atoms with E-state index in [1.54, 1.807) is 6.08 Å². The highest BCUT2D eigenvalue weighted by Crippen LogP contribution is 2.25. The number of aromatic nitrogens is 1. The number of nitrogens with zero attached hydrogens (tertiary/aromatic N) is 1. The molecule has 3 aromatic rings. The summed E-state index contributed by atoms with van der Waals surface area (Å²) in [5.41, 5.74) is 3.15. The van der Waals surface area contributed by atoms with Crippen LogP contribution in [0, 0.1) is 11.3 Å². The van der Waals surface area contributed by atoms with E-state index in [0.29, 0.717) is 6.61 Å². The average molecular weight is 274 g/mol. The van der Waals surface area contributed by atoms with E-state index in [9.17, 15) is 0 Å². The standard InChI is InChI=1S/C18H14N2O/c19-10-4-7-15-12-20-18-9-8-16(11-17(15)18)21-13-14-5-2-1-3-6-14/h1-9,11-12,20H,13H2/b7-4+. The summed E-state index contributed by atoms with van der Waals surface area (Å²) in [6.07, 6.45) is 5.15. The minimum atomic E-state index is 0.542. The summed E-state index contributed by atoms with van der Waals surface area (Å²) in [6, 6.07) is 18.0. The summed E-state index contributed by atoms with van der Waals surface area (Å²) >= 11 is 0. The van der Waals surface area contributed by atoms with Gasteiger partial charge in [0, 0.05) is 28.7 Å². The minimum Gasteiger partial charge on any atom is -0.489 e. The number of benzene rings is 2. The zero-order valence-electron chi connectivity index (χ0n) is 11.4. The van der Waals surface area contributed by atoms with Crippen LogP contribution in [0.4, 0.5) is 0 Å². The van der Waals surface area contributed by atoms with Crippen LogP contribution in [0.2, 0.25) is 0 Å². The molecule has 0 atom stereocenters. The molecule has 0 saturated heterocycles. The number of H-pyrrole nitrogens is 1. The van der Waals surface area contributed by atoms with Gasteiger partial charge in [-0.05, 0) is 29.8 Å². The Bertz CT molecular complexity index is 810. The topological polar surface area (TPSA) is 48.8 Å². The lowest BCUT2D eigenvalue weighted by atomic mass is 10.1. The SMILES string of the molecule is N#C/C=C/c1c[nH]c2ccc(OCc3ccccc3)cc12. The Hall–Kier alpha value is -2.99. The molecule has 0 aliphatic heterocycles. The molecule has 0 fully saturated rings. The third-order valence-electron chi connectivity index (χ3n) is 3.27. The van der Waals surface area contributed by atoms with Gasteiger partial charge in [-0.25, -0.2) is 0 Å². The molecule has 0 aliphatic rings. The molecule has 1 heterocycles. The first-order valence-electron chi connectivity index (χ1n) is 6.71. The number of rotatable bonds is 4. The van der Waals surface area contributed by atoms with Crippen molar-refractivity contribution in [3.8, 4) is 11.8 Å². The van der Waals surface area contributed by atoms with Crippen molar-refractivity contribution >= 4 is 17.0 Å². The monoisotopic (exact) mass is 274 g/mol. The van der Waals surface area contributed by atoms with Gasteiger partial charge in [-0.2, -0.15) is 5.26 Å². The molecular formula is C18H14N2O. The number of hydrogen-bond acceptors (Lipinski definition) is 2. The Balaban J connectivity index is 1.83. The molecule has 1 aromatic heterocycles. The third-order valence-corrected chi connectivity index (χ3v) is 3.27. The fraction of sp³-hybridized carbons (Fsp3) is 0.0556. The molecule has 1 N–H and O–H groups in total. The van der Waals surface area contributed by atoms with E-state index < -0.39 is 0 Å². The minimum absolute atomic E-state index is 0.542. The van der Waals surface area contributed by atoms with Gasteiger partial charge in [0.15, 0.2) is 0 Å². The lowest BCUT2D eigenvalue weighted by molar-refractivity contribution is 0.306. The second-order valence-corrected chi connectivity index (χ2v) is 4.69. The molecule has 2 aromatic carbocycles. The maximum absolute atomic E-state index is 8.63. The van der Waals surface area contributed by atoms with E-state index >= 15 is 0 Å². The van der Waals surface area contributed by atoms with Crippen LogP contribution >= 0.6 is 0 Å². The molecule has 0 aliphatic carbocycles. The molecule has 3 nitrogen and oxygen atoms in total. The number of nitrogens with one attached hydrogen (secondary N) is 1. The highest BCUT2D eigenvalue weighted by molar-refractivity contribution is 5.90. The largest absolute Gasteiger partial charge is 0.489 e. The predicted molar refractivity (Wildman–Crippen MR) is 83.7 cm³/mol.